The summed E-state index contributed by atoms with van der Waals surface area (Å²) in [5.74, 6) is 0. The molecule has 1 N–H and O–H groups in total. The Kier molecular flexibility index (Phi) is 10.8. The minimum Gasteiger partial charge on any atom is -0.383 e. The Labute approximate surface area is 140 Å². The van der Waals surface area contributed by atoms with Crippen LogP contribution in [0.4, 0.5) is 5.69 Å². The maximum Gasteiger partial charge on any atom is 0.0718 e. The van der Waals surface area contributed by atoms with E-state index >= 15 is 0 Å². The van der Waals surface area contributed by atoms with Gasteiger partial charge in [-0.25, -0.2) is 0 Å². The molecule has 120 valence electrons. The van der Waals surface area contributed by atoms with Crippen LogP contribution in [0, 0.1) is 0 Å². The highest BCUT2D eigenvalue weighted by Gasteiger charge is 2.03. The molecule has 1 aromatic rings. The molecule has 0 radical (unpaired) electrons. The summed E-state index contributed by atoms with van der Waals surface area (Å²) in [5, 5.41) is 4.75. The first kappa shape index (κ1) is 18.6. The molecule has 1 rings (SSSR count). The van der Waals surface area contributed by atoms with Crippen LogP contribution in [0.2, 0.25) is 10.0 Å². The molecule has 0 aliphatic carbocycles. The molecule has 0 atom stereocenters. The Morgan fingerprint density at radius 3 is 1.76 bits per heavy atom. The van der Waals surface area contributed by atoms with E-state index in [1.54, 1.807) is 0 Å². The van der Waals surface area contributed by atoms with E-state index in [4.69, 9.17) is 23.2 Å². The van der Waals surface area contributed by atoms with E-state index in [-0.39, 0.29) is 0 Å². The van der Waals surface area contributed by atoms with Gasteiger partial charge in [-0.3, -0.25) is 0 Å². The van der Waals surface area contributed by atoms with Gasteiger partial charge in [-0.2, -0.15) is 0 Å². The van der Waals surface area contributed by atoms with Crippen LogP contribution < -0.4 is 5.32 Å². The summed E-state index contributed by atoms with van der Waals surface area (Å²) in [6.45, 7) is 3.21. The Morgan fingerprint density at radius 1 is 0.762 bits per heavy atom. The third kappa shape index (κ3) is 8.58. The van der Waals surface area contributed by atoms with Gasteiger partial charge in [-0.05, 0) is 18.6 Å². The summed E-state index contributed by atoms with van der Waals surface area (Å²) in [6.07, 6.45) is 13.5. The highest BCUT2D eigenvalue weighted by molar-refractivity contribution is 6.39. The van der Waals surface area contributed by atoms with Crippen molar-refractivity contribution in [3.05, 3.63) is 28.2 Å². The lowest BCUT2D eigenvalue weighted by molar-refractivity contribution is 0.560. The molecule has 0 aromatic heterocycles. The zero-order chi connectivity index (χ0) is 15.3. The number of halogens is 2. The Bertz CT molecular complexity index is 359. The topological polar surface area (TPSA) is 12.0 Å². The number of para-hydroxylation sites is 1. The lowest BCUT2D eigenvalue weighted by atomic mass is 10.1. The van der Waals surface area contributed by atoms with Crippen LogP contribution in [-0.2, 0) is 0 Å². The average Bonchev–Trinajstić information content (AvgIpc) is 2.47. The molecule has 0 amide bonds. The molecule has 1 aromatic carbocycles. The van der Waals surface area contributed by atoms with Gasteiger partial charge in [-0.1, -0.05) is 94.0 Å². The first-order chi connectivity index (χ1) is 10.3. The smallest absolute Gasteiger partial charge is 0.0718 e. The summed E-state index contributed by atoms with van der Waals surface area (Å²) in [7, 11) is 0. The monoisotopic (exact) mass is 329 g/mol. The van der Waals surface area contributed by atoms with E-state index in [2.05, 4.69) is 12.2 Å². The second-order valence-corrected chi connectivity index (χ2v) is 6.52. The fraction of sp³-hybridized carbons (Fsp3) is 0.667. The van der Waals surface area contributed by atoms with Gasteiger partial charge >= 0.3 is 0 Å². The molecule has 0 bridgehead atoms. The van der Waals surface area contributed by atoms with Gasteiger partial charge in [0.05, 0.1) is 15.7 Å². The van der Waals surface area contributed by atoms with Crippen LogP contribution in [0.5, 0.6) is 0 Å². The molecule has 0 aliphatic heterocycles. The van der Waals surface area contributed by atoms with Crippen molar-refractivity contribution in [2.75, 3.05) is 11.9 Å². The normalized spacial score (nSPS) is 10.8. The highest BCUT2D eigenvalue weighted by Crippen LogP contribution is 2.29. The van der Waals surface area contributed by atoms with E-state index in [1.165, 1.54) is 64.2 Å². The highest BCUT2D eigenvalue weighted by atomic mass is 35.5. The zero-order valence-electron chi connectivity index (χ0n) is 13.3. The lowest BCUT2D eigenvalue weighted by Gasteiger charge is -2.10. The molecule has 0 fully saturated rings. The van der Waals surface area contributed by atoms with Gasteiger partial charge in [0.2, 0.25) is 0 Å². The second kappa shape index (κ2) is 12.2. The van der Waals surface area contributed by atoms with Crippen molar-refractivity contribution in [3.8, 4) is 0 Å². The summed E-state index contributed by atoms with van der Waals surface area (Å²) in [6, 6.07) is 5.61. The quantitative estimate of drug-likeness (QED) is 0.396. The second-order valence-electron chi connectivity index (χ2n) is 5.71. The van der Waals surface area contributed by atoms with Crippen LogP contribution in [0.15, 0.2) is 18.2 Å². The maximum absolute atomic E-state index is 6.12. The van der Waals surface area contributed by atoms with E-state index in [1.807, 2.05) is 18.2 Å². The van der Waals surface area contributed by atoms with Crippen LogP contribution in [0.3, 0.4) is 0 Å². The molecule has 0 unspecified atom stereocenters. The molecule has 0 heterocycles. The fourth-order valence-corrected chi connectivity index (χ4v) is 3.02. The number of benzene rings is 1. The van der Waals surface area contributed by atoms with Crippen molar-refractivity contribution in [2.45, 2.75) is 71.1 Å². The van der Waals surface area contributed by atoms with Gasteiger partial charge in [0.15, 0.2) is 0 Å². The molecule has 1 nitrogen and oxygen atoms in total. The minimum atomic E-state index is 0.703. The Morgan fingerprint density at radius 2 is 1.24 bits per heavy atom. The predicted molar refractivity (Wildman–Crippen MR) is 96.8 cm³/mol. The number of hydrogen-bond donors (Lipinski definition) is 1. The fourth-order valence-electron chi connectivity index (χ4n) is 2.49. The Balaban J connectivity index is 1.95. The summed E-state index contributed by atoms with van der Waals surface area (Å²) < 4.78 is 0. The van der Waals surface area contributed by atoms with Crippen LogP contribution in [0.1, 0.15) is 71.1 Å². The third-order valence-electron chi connectivity index (χ3n) is 3.79. The minimum absolute atomic E-state index is 0.703. The summed E-state index contributed by atoms with van der Waals surface area (Å²) in [4.78, 5) is 0. The van der Waals surface area contributed by atoms with Crippen molar-refractivity contribution in [3.63, 3.8) is 0 Å². The van der Waals surface area contributed by atoms with Gasteiger partial charge in [0, 0.05) is 6.54 Å². The van der Waals surface area contributed by atoms with Crippen molar-refractivity contribution < 1.29 is 0 Å². The molecule has 0 aliphatic rings. The molecular weight excluding hydrogens is 301 g/mol. The van der Waals surface area contributed by atoms with Crippen LogP contribution >= 0.6 is 23.2 Å². The van der Waals surface area contributed by atoms with E-state index in [0.29, 0.717) is 10.0 Å². The standard InChI is InChI=1S/C18H29Cl2N/c1-2-3-4-5-6-7-8-9-10-11-15-21-18-16(19)13-12-14-17(18)20/h12-14,21H,2-11,15H2,1H3. The van der Waals surface area contributed by atoms with E-state index in [0.717, 1.165) is 12.2 Å². The number of unbranched alkanes of at least 4 members (excludes halogenated alkanes) is 9. The number of rotatable bonds is 12. The molecular formula is C18H29Cl2N. The van der Waals surface area contributed by atoms with Crippen molar-refractivity contribution in [2.24, 2.45) is 0 Å². The third-order valence-corrected chi connectivity index (χ3v) is 4.42. The van der Waals surface area contributed by atoms with Crippen molar-refractivity contribution in [1.29, 1.82) is 0 Å². The number of anilines is 1. The number of nitrogens with one attached hydrogen (secondary N) is 1. The summed E-state index contributed by atoms with van der Waals surface area (Å²) in [5.41, 5.74) is 0.872. The first-order valence-corrected chi connectivity index (χ1v) is 9.19. The number of hydrogen-bond acceptors (Lipinski definition) is 1. The molecule has 3 heteroatoms. The molecule has 0 spiro atoms. The molecule has 0 saturated carbocycles. The predicted octanol–water partition coefficient (Wildman–Crippen LogP) is 7.33. The van der Waals surface area contributed by atoms with Crippen molar-refractivity contribution >= 4 is 28.9 Å². The van der Waals surface area contributed by atoms with Gasteiger partial charge in [-0.15, -0.1) is 0 Å². The first-order valence-electron chi connectivity index (χ1n) is 8.43. The average molecular weight is 330 g/mol. The summed E-state index contributed by atoms with van der Waals surface area (Å²) >= 11 is 12.2. The Hall–Kier alpha value is -0.400. The molecule has 0 saturated heterocycles. The van der Waals surface area contributed by atoms with E-state index in [9.17, 15) is 0 Å². The zero-order valence-corrected chi connectivity index (χ0v) is 14.8. The maximum atomic E-state index is 6.12. The molecule has 21 heavy (non-hydrogen) atoms. The SMILES string of the molecule is CCCCCCCCCCCCNc1c(Cl)cccc1Cl. The van der Waals surface area contributed by atoms with Gasteiger partial charge in [0.25, 0.3) is 0 Å². The van der Waals surface area contributed by atoms with Gasteiger partial charge in [0.1, 0.15) is 0 Å². The van der Waals surface area contributed by atoms with Gasteiger partial charge < -0.3 is 5.32 Å². The largest absolute Gasteiger partial charge is 0.383 e. The lowest BCUT2D eigenvalue weighted by Crippen LogP contribution is -2.02. The van der Waals surface area contributed by atoms with Crippen LogP contribution in [0.25, 0.3) is 0 Å². The van der Waals surface area contributed by atoms with Crippen LogP contribution in [-0.4, -0.2) is 6.54 Å². The van der Waals surface area contributed by atoms with Crippen molar-refractivity contribution in [1.82, 2.24) is 0 Å². The van der Waals surface area contributed by atoms with E-state index < -0.39 is 0 Å².